The highest BCUT2D eigenvalue weighted by Crippen LogP contribution is 2.27. The molecule has 1 fully saturated rings. The standard InChI is InChI=1S/C26H32FN3O6S/c1-17(31)4-3-5-20-10-15-24(16-25(20)30(33)34)37(35,36)29-23-13-8-21(9-14-23)26(32)28-18(2)19-6-11-22(27)12-7-19/h6-7,10-12,15-18,21,23,29-31,33H,4,8-9,13-14H2,1-2H3,(H,28,32)/t17?,18-,21?,23?/m1/s1. The van der Waals surface area contributed by atoms with Gasteiger partial charge in [0.15, 0.2) is 5.69 Å². The Kier molecular flexibility index (Phi) is 9.78. The minimum absolute atomic E-state index is 0.128. The van der Waals surface area contributed by atoms with Gasteiger partial charge in [-0.2, -0.15) is 5.23 Å². The number of nitrogens with one attached hydrogen (secondary N) is 3. The van der Waals surface area contributed by atoms with Gasteiger partial charge in [-0.3, -0.25) is 4.79 Å². The zero-order chi connectivity index (χ0) is 27.2. The number of hydrogen-bond donors (Lipinski definition) is 5. The molecule has 11 heteroatoms. The first kappa shape index (κ1) is 28.7. The van der Waals surface area contributed by atoms with E-state index in [1.807, 2.05) is 6.92 Å². The second kappa shape index (κ2) is 12.6. The Morgan fingerprint density at radius 3 is 2.41 bits per heavy atom. The lowest BCUT2D eigenvalue weighted by Gasteiger charge is -2.29. The number of aliphatic hydroxyl groups excluding tert-OH is 1. The summed E-state index contributed by atoms with van der Waals surface area (Å²) in [6.45, 7) is 3.38. The average molecular weight is 534 g/mol. The molecule has 0 spiro atoms. The maximum absolute atomic E-state index is 13.1. The van der Waals surface area contributed by atoms with Crippen LogP contribution in [0.3, 0.4) is 0 Å². The van der Waals surface area contributed by atoms with E-state index in [9.17, 15) is 33.1 Å². The number of benzene rings is 2. The Bertz CT molecular complexity index is 1250. The summed E-state index contributed by atoms with van der Waals surface area (Å²) in [7, 11) is -4.00. The van der Waals surface area contributed by atoms with Crippen molar-refractivity contribution in [2.75, 3.05) is 0 Å². The van der Waals surface area contributed by atoms with E-state index >= 15 is 0 Å². The highest BCUT2D eigenvalue weighted by molar-refractivity contribution is 7.89. The predicted octanol–water partition coefficient (Wildman–Crippen LogP) is 2.07. The van der Waals surface area contributed by atoms with Crippen LogP contribution in [0.15, 0.2) is 47.4 Å². The van der Waals surface area contributed by atoms with E-state index in [1.165, 1.54) is 24.3 Å². The molecule has 1 saturated carbocycles. The molecule has 0 heterocycles. The summed E-state index contributed by atoms with van der Waals surface area (Å²) >= 11 is 0. The first-order chi connectivity index (χ1) is 17.5. The Morgan fingerprint density at radius 2 is 1.81 bits per heavy atom. The third-order valence-corrected chi connectivity index (χ3v) is 7.82. The molecule has 2 unspecified atom stereocenters. The number of aliphatic hydroxyl groups is 1. The summed E-state index contributed by atoms with van der Waals surface area (Å²) in [6, 6.07) is 8.98. The van der Waals surface area contributed by atoms with Crippen molar-refractivity contribution in [3.05, 3.63) is 64.6 Å². The van der Waals surface area contributed by atoms with Gasteiger partial charge in [-0.05, 0) is 69.4 Å². The van der Waals surface area contributed by atoms with Crippen molar-refractivity contribution in [3.8, 4) is 11.8 Å². The van der Waals surface area contributed by atoms with Crippen LogP contribution in [0.2, 0.25) is 0 Å². The van der Waals surface area contributed by atoms with Gasteiger partial charge in [0.1, 0.15) is 5.82 Å². The second-order valence-corrected chi connectivity index (χ2v) is 11.0. The molecule has 3 atom stereocenters. The van der Waals surface area contributed by atoms with Gasteiger partial charge in [-0.1, -0.05) is 24.0 Å². The van der Waals surface area contributed by atoms with Crippen LogP contribution in [0.1, 0.15) is 63.1 Å². The third kappa shape index (κ3) is 8.07. The fraction of sp³-hybridized carbons (Fsp3) is 0.423. The highest BCUT2D eigenvalue weighted by Gasteiger charge is 2.30. The molecule has 0 aromatic heterocycles. The van der Waals surface area contributed by atoms with Crippen molar-refractivity contribution in [2.45, 2.75) is 69.0 Å². The third-order valence-electron chi connectivity index (χ3n) is 6.30. The van der Waals surface area contributed by atoms with Crippen LogP contribution >= 0.6 is 0 Å². The number of carbonyl (C=O) groups excluding carboxylic acids is 1. The van der Waals surface area contributed by atoms with Crippen LogP contribution < -0.4 is 15.3 Å². The first-order valence-corrected chi connectivity index (χ1v) is 13.6. The minimum atomic E-state index is -4.00. The van der Waals surface area contributed by atoms with Crippen molar-refractivity contribution in [1.29, 1.82) is 0 Å². The molecule has 1 aliphatic rings. The SMILES string of the molecule is CC(O)CC#Cc1ccc(S(=O)(=O)NC2CCC(C(=O)N[C@H](C)c3ccc(F)cc3)CC2)cc1[NH+]([O-])O. The van der Waals surface area contributed by atoms with Crippen molar-refractivity contribution >= 4 is 21.6 Å². The van der Waals surface area contributed by atoms with Crippen LogP contribution in [0.5, 0.6) is 0 Å². The van der Waals surface area contributed by atoms with Gasteiger partial charge in [0.05, 0.1) is 22.6 Å². The predicted molar refractivity (Wildman–Crippen MR) is 134 cm³/mol. The number of hydrogen-bond acceptors (Lipinski definition) is 6. The Labute approximate surface area is 216 Å². The fourth-order valence-corrected chi connectivity index (χ4v) is 5.53. The molecule has 1 aliphatic carbocycles. The van der Waals surface area contributed by atoms with Crippen LogP contribution in [-0.4, -0.2) is 36.8 Å². The lowest BCUT2D eigenvalue weighted by atomic mass is 9.85. The highest BCUT2D eigenvalue weighted by atomic mass is 32.2. The fourth-order valence-electron chi connectivity index (χ4n) is 4.20. The zero-order valence-electron chi connectivity index (χ0n) is 20.7. The lowest BCUT2D eigenvalue weighted by Crippen LogP contribution is -2.99. The first-order valence-electron chi connectivity index (χ1n) is 12.1. The van der Waals surface area contributed by atoms with E-state index in [0.29, 0.717) is 25.7 Å². The van der Waals surface area contributed by atoms with E-state index in [2.05, 4.69) is 21.9 Å². The Morgan fingerprint density at radius 1 is 1.16 bits per heavy atom. The van der Waals surface area contributed by atoms with Crippen LogP contribution in [0, 0.1) is 28.8 Å². The van der Waals surface area contributed by atoms with Gasteiger partial charge >= 0.3 is 0 Å². The number of sulfonamides is 1. The van der Waals surface area contributed by atoms with Gasteiger partial charge in [0, 0.05) is 24.4 Å². The number of amides is 1. The van der Waals surface area contributed by atoms with Gasteiger partial charge < -0.3 is 15.6 Å². The van der Waals surface area contributed by atoms with E-state index in [0.717, 1.165) is 11.6 Å². The van der Waals surface area contributed by atoms with E-state index in [1.54, 1.807) is 19.1 Å². The van der Waals surface area contributed by atoms with Crippen molar-refractivity contribution in [2.24, 2.45) is 5.92 Å². The summed E-state index contributed by atoms with van der Waals surface area (Å²) < 4.78 is 41.7. The monoisotopic (exact) mass is 533 g/mol. The molecule has 0 bridgehead atoms. The summed E-state index contributed by atoms with van der Waals surface area (Å²) in [4.78, 5) is 12.5. The maximum Gasteiger partial charge on any atom is 0.241 e. The molecule has 37 heavy (non-hydrogen) atoms. The lowest BCUT2D eigenvalue weighted by molar-refractivity contribution is -0.991. The van der Waals surface area contributed by atoms with Gasteiger partial charge in [-0.25, -0.2) is 22.7 Å². The van der Waals surface area contributed by atoms with Crippen LogP contribution in [-0.2, 0) is 14.8 Å². The summed E-state index contributed by atoms with van der Waals surface area (Å²) in [5.41, 5.74) is 0.710. The second-order valence-electron chi connectivity index (χ2n) is 9.32. The molecule has 2 aromatic rings. The van der Waals surface area contributed by atoms with Gasteiger partial charge in [-0.15, -0.1) is 0 Å². The number of quaternary nitrogens is 1. The summed E-state index contributed by atoms with van der Waals surface area (Å²) in [5.74, 6) is 4.61. The number of halogens is 1. The Hall–Kier alpha value is -2.85. The van der Waals surface area contributed by atoms with Crippen molar-refractivity contribution < 1.29 is 33.1 Å². The van der Waals surface area contributed by atoms with Crippen LogP contribution in [0.4, 0.5) is 10.1 Å². The molecule has 0 radical (unpaired) electrons. The molecular formula is C26H32FN3O6S. The molecule has 2 aromatic carbocycles. The molecule has 200 valence electrons. The summed E-state index contributed by atoms with van der Waals surface area (Å²) in [6.07, 6.45) is 1.39. The minimum Gasteiger partial charge on any atom is -0.595 e. The van der Waals surface area contributed by atoms with E-state index in [-0.39, 0.29) is 52.3 Å². The van der Waals surface area contributed by atoms with Gasteiger partial charge in [0.25, 0.3) is 0 Å². The summed E-state index contributed by atoms with van der Waals surface area (Å²) in [5, 5.41) is 32.2. The molecule has 5 N–H and O–H groups in total. The molecular weight excluding hydrogens is 501 g/mol. The van der Waals surface area contributed by atoms with Gasteiger partial charge in [0.2, 0.25) is 15.9 Å². The van der Waals surface area contributed by atoms with Crippen molar-refractivity contribution in [3.63, 3.8) is 0 Å². The van der Waals surface area contributed by atoms with E-state index in [4.69, 9.17) is 0 Å². The molecule has 0 saturated heterocycles. The van der Waals surface area contributed by atoms with Crippen molar-refractivity contribution in [1.82, 2.24) is 10.0 Å². The quantitative estimate of drug-likeness (QED) is 0.260. The van der Waals surface area contributed by atoms with E-state index < -0.39 is 21.4 Å². The maximum atomic E-state index is 13.1. The smallest absolute Gasteiger partial charge is 0.241 e. The average Bonchev–Trinajstić information content (AvgIpc) is 2.84. The number of carbonyl (C=O) groups is 1. The topological polar surface area (TPSA) is 143 Å². The Balaban J connectivity index is 1.59. The largest absolute Gasteiger partial charge is 0.595 e. The molecule has 0 aliphatic heterocycles. The normalized spacial score (nSPS) is 20.3. The molecule has 1 amide bonds. The van der Waals surface area contributed by atoms with Crippen LogP contribution in [0.25, 0.3) is 0 Å². The zero-order valence-corrected chi connectivity index (χ0v) is 21.5. The molecule has 9 nitrogen and oxygen atoms in total. The molecule has 3 rings (SSSR count). The number of rotatable bonds is 8.